The summed E-state index contributed by atoms with van der Waals surface area (Å²) in [6, 6.07) is 11.9. The Kier molecular flexibility index (Phi) is 5.68. The van der Waals surface area contributed by atoms with Gasteiger partial charge in [-0.25, -0.2) is 10.2 Å². The molecule has 0 unspecified atom stereocenters. The van der Waals surface area contributed by atoms with E-state index < -0.39 is 5.97 Å². The molecule has 6 nitrogen and oxygen atoms in total. The number of hydrogen-bond acceptors (Lipinski definition) is 4. The van der Waals surface area contributed by atoms with Crippen molar-refractivity contribution in [1.82, 2.24) is 5.43 Å². The summed E-state index contributed by atoms with van der Waals surface area (Å²) in [5, 5.41) is 12.6. The molecule has 1 amide bonds. The van der Waals surface area contributed by atoms with Crippen LogP contribution in [0.2, 0.25) is 0 Å². The van der Waals surface area contributed by atoms with Crippen LogP contribution in [-0.4, -0.2) is 29.8 Å². The number of aryl methyl sites for hydroxylation is 2. The first-order chi connectivity index (χ1) is 11.5. The van der Waals surface area contributed by atoms with Gasteiger partial charge in [0.2, 0.25) is 0 Å². The van der Waals surface area contributed by atoms with E-state index in [1.807, 2.05) is 32.0 Å². The number of hydrazone groups is 1. The predicted molar refractivity (Wildman–Crippen MR) is 90.5 cm³/mol. The van der Waals surface area contributed by atoms with E-state index in [0.717, 1.165) is 11.1 Å². The molecule has 2 rings (SSSR count). The van der Waals surface area contributed by atoms with Crippen molar-refractivity contribution in [2.24, 2.45) is 5.10 Å². The van der Waals surface area contributed by atoms with E-state index >= 15 is 0 Å². The first-order valence-electron chi connectivity index (χ1n) is 7.31. The van der Waals surface area contributed by atoms with Gasteiger partial charge in [-0.2, -0.15) is 5.10 Å². The van der Waals surface area contributed by atoms with Crippen LogP contribution >= 0.6 is 0 Å². The second-order valence-corrected chi connectivity index (χ2v) is 5.28. The zero-order valence-electron chi connectivity index (χ0n) is 13.4. The molecule has 0 fully saturated rings. The van der Waals surface area contributed by atoms with E-state index in [4.69, 9.17) is 9.84 Å². The molecule has 24 heavy (non-hydrogen) atoms. The molecular formula is C18H18N2O4. The molecule has 0 spiro atoms. The van der Waals surface area contributed by atoms with Gasteiger partial charge in [-0.1, -0.05) is 24.3 Å². The van der Waals surface area contributed by atoms with Crippen LogP contribution in [0.15, 0.2) is 47.6 Å². The number of carboxylic acid groups (broad SMARTS) is 1. The van der Waals surface area contributed by atoms with Crippen molar-refractivity contribution in [3.8, 4) is 5.75 Å². The molecule has 0 aliphatic carbocycles. The molecule has 0 atom stereocenters. The van der Waals surface area contributed by atoms with Crippen molar-refractivity contribution in [2.45, 2.75) is 13.8 Å². The summed E-state index contributed by atoms with van der Waals surface area (Å²) in [4.78, 5) is 22.5. The summed E-state index contributed by atoms with van der Waals surface area (Å²) in [5.74, 6) is -0.705. The second-order valence-electron chi connectivity index (χ2n) is 5.28. The van der Waals surface area contributed by atoms with Crippen molar-refractivity contribution < 1.29 is 19.4 Å². The van der Waals surface area contributed by atoms with Crippen molar-refractivity contribution in [1.29, 1.82) is 0 Å². The Hall–Kier alpha value is -3.15. The van der Waals surface area contributed by atoms with E-state index in [1.165, 1.54) is 18.3 Å². The van der Waals surface area contributed by atoms with Gasteiger partial charge in [-0.15, -0.1) is 0 Å². The normalized spacial score (nSPS) is 10.6. The minimum absolute atomic E-state index is 0.139. The third kappa shape index (κ3) is 4.95. The smallest absolute Gasteiger partial charge is 0.335 e. The molecule has 0 saturated carbocycles. The fourth-order valence-corrected chi connectivity index (χ4v) is 1.93. The van der Waals surface area contributed by atoms with Gasteiger partial charge in [0.25, 0.3) is 5.91 Å². The minimum atomic E-state index is -0.990. The molecule has 0 radical (unpaired) electrons. The number of carboxylic acids is 1. The Labute approximate surface area is 139 Å². The highest BCUT2D eigenvalue weighted by Crippen LogP contribution is 2.18. The van der Waals surface area contributed by atoms with E-state index in [-0.39, 0.29) is 18.1 Å². The number of amides is 1. The number of rotatable bonds is 6. The van der Waals surface area contributed by atoms with E-state index in [9.17, 15) is 9.59 Å². The maximum Gasteiger partial charge on any atom is 0.335 e. The quantitative estimate of drug-likeness (QED) is 0.631. The zero-order chi connectivity index (χ0) is 17.5. The number of nitrogens with one attached hydrogen (secondary N) is 1. The molecule has 0 heterocycles. The Bertz CT molecular complexity index is 767. The Morgan fingerprint density at radius 3 is 2.54 bits per heavy atom. The highest BCUT2D eigenvalue weighted by molar-refractivity contribution is 5.89. The number of carbonyl (C=O) groups excluding carboxylic acids is 1. The molecule has 2 N–H and O–H groups in total. The van der Waals surface area contributed by atoms with Crippen LogP contribution in [0.4, 0.5) is 0 Å². The lowest BCUT2D eigenvalue weighted by Gasteiger charge is -2.08. The van der Waals surface area contributed by atoms with E-state index in [0.29, 0.717) is 11.3 Å². The summed E-state index contributed by atoms with van der Waals surface area (Å²) in [6.07, 6.45) is 1.43. The van der Waals surface area contributed by atoms with Crippen molar-refractivity contribution in [3.05, 3.63) is 64.7 Å². The summed E-state index contributed by atoms with van der Waals surface area (Å²) >= 11 is 0. The van der Waals surface area contributed by atoms with Crippen LogP contribution in [0.25, 0.3) is 0 Å². The summed E-state index contributed by atoms with van der Waals surface area (Å²) in [5.41, 5.74) is 5.24. The second kappa shape index (κ2) is 7.92. The van der Waals surface area contributed by atoms with Gasteiger partial charge in [-0.3, -0.25) is 4.79 Å². The van der Waals surface area contributed by atoms with Gasteiger partial charge in [0.05, 0.1) is 11.8 Å². The third-order valence-electron chi connectivity index (χ3n) is 3.26. The molecule has 0 aliphatic heterocycles. The number of carbonyl (C=O) groups is 2. The summed E-state index contributed by atoms with van der Waals surface area (Å²) in [7, 11) is 0. The molecular weight excluding hydrogens is 308 g/mol. The number of ether oxygens (including phenoxy) is 1. The van der Waals surface area contributed by atoms with Gasteiger partial charge in [0.15, 0.2) is 6.61 Å². The molecule has 0 aromatic heterocycles. The lowest BCUT2D eigenvalue weighted by atomic mass is 10.1. The topological polar surface area (TPSA) is 88.0 Å². The number of hydrogen-bond donors (Lipinski definition) is 2. The highest BCUT2D eigenvalue weighted by atomic mass is 16.5. The lowest BCUT2D eigenvalue weighted by Crippen LogP contribution is -2.24. The molecule has 6 heteroatoms. The van der Waals surface area contributed by atoms with Gasteiger partial charge in [-0.05, 0) is 48.7 Å². The summed E-state index contributed by atoms with van der Waals surface area (Å²) in [6.45, 7) is 3.72. The van der Waals surface area contributed by atoms with Crippen LogP contribution in [0, 0.1) is 13.8 Å². The van der Waals surface area contributed by atoms with Gasteiger partial charge < -0.3 is 9.84 Å². The van der Waals surface area contributed by atoms with Gasteiger partial charge >= 0.3 is 5.97 Å². The Morgan fingerprint density at radius 1 is 1.17 bits per heavy atom. The molecule has 0 aliphatic rings. The highest BCUT2D eigenvalue weighted by Gasteiger charge is 2.04. The molecule has 124 valence electrons. The number of nitrogens with zero attached hydrogens (tertiary/aromatic N) is 1. The number of aromatic carboxylic acids is 1. The van der Waals surface area contributed by atoms with Crippen LogP contribution < -0.4 is 10.2 Å². The molecule has 0 bridgehead atoms. The fourth-order valence-electron chi connectivity index (χ4n) is 1.93. The third-order valence-corrected chi connectivity index (χ3v) is 3.26. The minimum Gasteiger partial charge on any atom is -0.483 e. The van der Waals surface area contributed by atoms with Crippen molar-refractivity contribution >= 4 is 18.1 Å². The van der Waals surface area contributed by atoms with Crippen molar-refractivity contribution in [2.75, 3.05) is 6.61 Å². The number of benzene rings is 2. The van der Waals surface area contributed by atoms with E-state index in [1.54, 1.807) is 12.1 Å². The maximum atomic E-state index is 11.7. The predicted octanol–water partition coefficient (Wildman–Crippen LogP) is 2.53. The van der Waals surface area contributed by atoms with Crippen LogP contribution in [0.3, 0.4) is 0 Å². The van der Waals surface area contributed by atoms with Crippen LogP contribution in [0.1, 0.15) is 27.0 Å². The standard InChI is InChI=1S/C18H18N2O4/c1-12-3-4-13(2)16(9-12)24-11-17(21)20-19-10-14-5-7-15(8-6-14)18(22)23/h3-10H,11H2,1-2H3,(H,20,21)(H,22,23)/b19-10-. The van der Waals surface area contributed by atoms with Gasteiger partial charge in [0, 0.05) is 0 Å². The largest absolute Gasteiger partial charge is 0.483 e. The molecule has 2 aromatic carbocycles. The lowest BCUT2D eigenvalue weighted by molar-refractivity contribution is -0.123. The van der Waals surface area contributed by atoms with Crippen molar-refractivity contribution in [3.63, 3.8) is 0 Å². The first-order valence-corrected chi connectivity index (χ1v) is 7.31. The molecule has 2 aromatic rings. The average Bonchev–Trinajstić information content (AvgIpc) is 2.56. The van der Waals surface area contributed by atoms with Crippen LogP contribution in [0.5, 0.6) is 5.75 Å². The summed E-state index contributed by atoms with van der Waals surface area (Å²) < 4.78 is 5.47. The zero-order valence-corrected chi connectivity index (χ0v) is 13.4. The SMILES string of the molecule is Cc1ccc(C)c(OCC(=O)N/N=C\c2ccc(C(=O)O)cc2)c1. The Balaban J connectivity index is 1.84. The Morgan fingerprint density at radius 2 is 1.88 bits per heavy atom. The maximum absolute atomic E-state index is 11.7. The monoisotopic (exact) mass is 326 g/mol. The van der Waals surface area contributed by atoms with E-state index in [2.05, 4.69) is 10.5 Å². The first kappa shape index (κ1) is 17.2. The van der Waals surface area contributed by atoms with Crippen LogP contribution in [-0.2, 0) is 4.79 Å². The fraction of sp³-hybridized carbons (Fsp3) is 0.167. The van der Waals surface area contributed by atoms with Gasteiger partial charge in [0.1, 0.15) is 5.75 Å². The average molecular weight is 326 g/mol. The molecule has 0 saturated heterocycles.